The summed E-state index contributed by atoms with van der Waals surface area (Å²) in [7, 11) is 0. The third-order valence-electron chi connectivity index (χ3n) is 5.28. The molecule has 1 heterocycles. The summed E-state index contributed by atoms with van der Waals surface area (Å²) in [5.74, 6) is -0.847. The Balaban J connectivity index is 1.77. The van der Waals surface area contributed by atoms with Crippen molar-refractivity contribution < 1.29 is 4.79 Å². The Labute approximate surface area is 171 Å². The van der Waals surface area contributed by atoms with Gasteiger partial charge in [-0.2, -0.15) is 0 Å². The van der Waals surface area contributed by atoms with Crippen LogP contribution in [0.15, 0.2) is 96.7 Å². The molecule has 4 heteroatoms. The molecule has 0 saturated heterocycles. The van der Waals surface area contributed by atoms with Crippen molar-refractivity contribution in [3.8, 4) is 0 Å². The second-order valence-corrected chi connectivity index (χ2v) is 7.36. The van der Waals surface area contributed by atoms with Gasteiger partial charge in [0.2, 0.25) is 0 Å². The van der Waals surface area contributed by atoms with Crippen LogP contribution in [-0.2, 0) is 11.3 Å². The number of carbonyl (C=O) groups excluding carboxylic acids is 1. The monoisotopic (exact) mass is 383 g/mol. The third kappa shape index (κ3) is 3.80. The number of rotatable bonds is 5. The summed E-state index contributed by atoms with van der Waals surface area (Å²) in [5.41, 5.74) is 4.68. The van der Waals surface area contributed by atoms with Gasteiger partial charge in [-0.3, -0.25) is 10.1 Å². The minimum absolute atomic E-state index is 0.0797. The number of anilines is 1. The van der Waals surface area contributed by atoms with Crippen LogP contribution in [0, 0.1) is 0 Å². The summed E-state index contributed by atoms with van der Waals surface area (Å²) < 4.78 is 0. The molecule has 1 aliphatic rings. The molecule has 0 saturated carbocycles. The predicted molar refractivity (Wildman–Crippen MR) is 118 cm³/mol. The lowest BCUT2D eigenvalue weighted by Gasteiger charge is -2.48. The number of allylic oxidation sites excluding steroid dienone is 1. The van der Waals surface area contributed by atoms with Crippen LogP contribution < -0.4 is 15.5 Å². The zero-order valence-electron chi connectivity index (χ0n) is 16.7. The predicted octanol–water partition coefficient (Wildman–Crippen LogP) is 4.52. The lowest BCUT2D eigenvalue weighted by atomic mass is 9.98. The van der Waals surface area contributed by atoms with Crippen LogP contribution >= 0.6 is 0 Å². The maximum Gasteiger partial charge on any atom is 0.256 e. The van der Waals surface area contributed by atoms with Crippen LogP contribution in [0.3, 0.4) is 0 Å². The van der Waals surface area contributed by atoms with E-state index in [0.717, 1.165) is 22.5 Å². The Morgan fingerprint density at radius 1 is 0.862 bits per heavy atom. The highest BCUT2D eigenvalue weighted by Gasteiger charge is 2.41. The van der Waals surface area contributed by atoms with E-state index in [9.17, 15) is 4.79 Å². The fourth-order valence-electron chi connectivity index (χ4n) is 3.92. The number of hydrogen-bond acceptors (Lipinski definition) is 3. The maximum absolute atomic E-state index is 13.2. The number of carbonyl (C=O) groups is 1. The highest BCUT2D eigenvalue weighted by Crippen LogP contribution is 2.34. The van der Waals surface area contributed by atoms with Gasteiger partial charge in [0, 0.05) is 17.9 Å². The number of hydrogen-bond donors (Lipinski definition) is 2. The van der Waals surface area contributed by atoms with Crippen molar-refractivity contribution in [2.45, 2.75) is 26.2 Å². The van der Waals surface area contributed by atoms with Crippen molar-refractivity contribution >= 4 is 17.2 Å². The highest BCUT2D eigenvalue weighted by atomic mass is 16.2. The molecule has 0 bridgehead atoms. The molecule has 1 unspecified atom stereocenters. The minimum atomic E-state index is -0.767. The first-order valence-corrected chi connectivity index (χ1v) is 9.81. The quantitative estimate of drug-likeness (QED) is 0.681. The summed E-state index contributed by atoms with van der Waals surface area (Å²) in [4.78, 5) is 15.3. The number of nitrogens with one attached hydrogen (secondary N) is 2. The maximum atomic E-state index is 13.2. The van der Waals surface area contributed by atoms with Crippen molar-refractivity contribution in [2.75, 3.05) is 4.90 Å². The Hall–Kier alpha value is -3.37. The second kappa shape index (κ2) is 7.94. The van der Waals surface area contributed by atoms with Crippen LogP contribution in [0.4, 0.5) is 5.69 Å². The average molecular weight is 383 g/mol. The first-order valence-electron chi connectivity index (χ1n) is 9.81. The summed E-state index contributed by atoms with van der Waals surface area (Å²) in [6.07, 6.45) is 0. The van der Waals surface area contributed by atoms with E-state index in [2.05, 4.69) is 39.8 Å². The molecule has 3 aromatic carbocycles. The SMILES string of the molecule is CC1=C(c2ccccc2)C(=O)NC(C)(NCc2ccccc2)N1c1ccccc1. The van der Waals surface area contributed by atoms with Crippen LogP contribution in [0.1, 0.15) is 25.0 Å². The number of nitrogens with zero attached hydrogens (tertiary/aromatic N) is 1. The van der Waals surface area contributed by atoms with Crippen molar-refractivity contribution in [2.24, 2.45) is 0 Å². The topological polar surface area (TPSA) is 44.4 Å². The summed E-state index contributed by atoms with van der Waals surface area (Å²) in [5, 5.41) is 6.76. The molecule has 1 atom stereocenters. The highest BCUT2D eigenvalue weighted by molar-refractivity contribution is 6.22. The van der Waals surface area contributed by atoms with E-state index in [-0.39, 0.29) is 5.91 Å². The van der Waals surface area contributed by atoms with Crippen molar-refractivity contribution in [1.29, 1.82) is 0 Å². The molecule has 0 radical (unpaired) electrons. The zero-order chi connectivity index (χ0) is 20.3. The molecule has 1 aliphatic heterocycles. The van der Waals surface area contributed by atoms with Crippen LogP contribution in [0.2, 0.25) is 0 Å². The fraction of sp³-hybridized carbons (Fsp3) is 0.160. The summed E-state index contributed by atoms with van der Waals surface area (Å²) >= 11 is 0. The molecule has 0 aliphatic carbocycles. The third-order valence-corrected chi connectivity index (χ3v) is 5.28. The first kappa shape index (κ1) is 19.0. The van der Waals surface area contributed by atoms with Gasteiger partial charge in [-0.15, -0.1) is 0 Å². The van der Waals surface area contributed by atoms with Crippen molar-refractivity contribution in [3.63, 3.8) is 0 Å². The molecular weight excluding hydrogens is 358 g/mol. The molecule has 4 rings (SSSR count). The average Bonchev–Trinajstić information content (AvgIpc) is 2.74. The largest absolute Gasteiger partial charge is 0.317 e. The van der Waals surface area contributed by atoms with Crippen LogP contribution in [0.5, 0.6) is 0 Å². The second-order valence-electron chi connectivity index (χ2n) is 7.36. The molecule has 3 aromatic rings. The lowest BCUT2D eigenvalue weighted by Crippen LogP contribution is -2.69. The van der Waals surface area contributed by atoms with Gasteiger partial charge in [-0.1, -0.05) is 78.9 Å². The molecule has 0 fully saturated rings. The van der Waals surface area contributed by atoms with Gasteiger partial charge in [0.05, 0.1) is 5.57 Å². The van der Waals surface area contributed by atoms with E-state index in [1.54, 1.807) is 0 Å². The van der Waals surface area contributed by atoms with E-state index >= 15 is 0 Å². The van der Waals surface area contributed by atoms with Gasteiger partial charge in [-0.25, -0.2) is 0 Å². The van der Waals surface area contributed by atoms with E-state index in [4.69, 9.17) is 0 Å². The Bertz CT molecular complexity index is 1020. The standard InChI is InChI=1S/C25H25N3O/c1-19-23(21-14-8-4-9-15-21)24(29)27-25(2,26-18-20-12-6-3-7-13-20)28(19)22-16-10-5-11-17-22/h3-17,26H,18H2,1-2H3,(H,27,29). The zero-order valence-corrected chi connectivity index (χ0v) is 16.7. The van der Waals surface area contributed by atoms with E-state index in [0.29, 0.717) is 12.1 Å². The van der Waals surface area contributed by atoms with Crippen molar-refractivity contribution in [3.05, 3.63) is 108 Å². The number of amides is 1. The van der Waals surface area contributed by atoms with Gasteiger partial charge >= 0.3 is 0 Å². The molecular formula is C25H25N3O. The first-order chi connectivity index (χ1) is 14.1. The summed E-state index contributed by atoms with van der Waals surface area (Å²) in [6, 6.07) is 30.2. The van der Waals surface area contributed by atoms with E-state index in [1.165, 1.54) is 0 Å². The Kier molecular flexibility index (Phi) is 5.19. The molecule has 2 N–H and O–H groups in total. The van der Waals surface area contributed by atoms with Gasteiger partial charge in [-0.05, 0) is 37.1 Å². The lowest BCUT2D eigenvalue weighted by molar-refractivity contribution is -0.118. The van der Waals surface area contributed by atoms with E-state index < -0.39 is 5.79 Å². The Morgan fingerprint density at radius 2 is 1.41 bits per heavy atom. The smallest absolute Gasteiger partial charge is 0.256 e. The van der Waals surface area contributed by atoms with E-state index in [1.807, 2.05) is 80.6 Å². The van der Waals surface area contributed by atoms with Gasteiger partial charge < -0.3 is 10.2 Å². The summed E-state index contributed by atoms with van der Waals surface area (Å²) in [6.45, 7) is 4.65. The molecule has 4 nitrogen and oxygen atoms in total. The van der Waals surface area contributed by atoms with Gasteiger partial charge in [0.1, 0.15) is 0 Å². The fourth-order valence-corrected chi connectivity index (χ4v) is 3.92. The molecule has 146 valence electrons. The van der Waals surface area contributed by atoms with Crippen LogP contribution in [0.25, 0.3) is 5.57 Å². The Morgan fingerprint density at radius 3 is 2.03 bits per heavy atom. The normalized spacial score (nSPS) is 19.2. The van der Waals surface area contributed by atoms with Gasteiger partial charge in [0.25, 0.3) is 5.91 Å². The van der Waals surface area contributed by atoms with Crippen LogP contribution in [-0.4, -0.2) is 11.7 Å². The van der Waals surface area contributed by atoms with Crippen molar-refractivity contribution in [1.82, 2.24) is 10.6 Å². The molecule has 0 aromatic heterocycles. The molecule has 1 amide bonds. The minimum Gasteiger partial charge on any atom is -0.317 e. The number of benzene rings is 3. The van der Waals surface area contributed by atoms with Gasteiger partial charge in [0.15, 0.2) is 5.79 Å². The molecule has 0 spiro atoms. The molecule has 29 heavy (non-hydrogen) atoms. The number of para-hydroxylation sites is 1.